The van der Waals surface area contributed by atoms with E-state index in [0.717, 1.165) is 18.4 Å². The third kappa shape index (κ3) is 17.9. The smallest absolute Gasteiger partial charge is 0.872 e. The summed E-state index contributed by atoms with van der Waals surface area (Å²) < 4.78 is 0. The van der Waals surface area contributed by atoms with E-state index in [1.54, 1.807) is 6.07 Å². The van der Waals surface area contributed by atoms with Crippen LogP contribution in [-0.4, -0.2) is 43.9 Å². The van der Waals surface area contributed by atoms with Crippen LogP contribution in [0, 0.1) is 0 Å². The Morgan fingerprint density at radius 3 is 1.71 bits per heavy atom. The zero-order valence-electron chi connectivity index (χ0n) is 14.9. The number of aryl methyl sites for hydroxylation is 1. The molecule has 0 fully saturated rings. The van der Waals surface area contributed by atoms with Crippen LogP contribution >= 0.6 is 0 Å². The number of unbranched alkanes of at least 4 members (excludes halogenated alkanes) is 9. The quantitative estimate of drug-likeness (QED) is 0.447. The molecule has 0 N–H and O–H groups in total. The van der Waals surface area contributed by atoms with Crippen molar-refractivity contribution in [3.05, 3.63) is 29.8 Å². The summed E-state index contributed by atoms with van der Waals surface area (Å²) in [7, 11) is 0. The number of carbonyl (C=O) groups is 1. The minimum atomic E-state index is -2.33. The summed E-state index contributed by atoms with van der Waals surface area (Å²) in [6.45, 7) is 2.26. The van der Waals surface area contributed by atoms with Crippen molar-refractivity contribution < 1.29 is 20.1 Å². The van der Waals surface area contributed by atoms with E-state index in [9.17, 15) is 5.11 Å². The Hall–Kier alpha value is -0.450. The predicted molar refractivity (Wildman–Crippen MR) is 92.6 cm³/mol. The molecule has 1 aromatic rings. The Morgan fingerprint density at radius 2 is 1.25 bits per heavy atom. The molecule has 24 heavy (non-hydrogen) atoms. The van der Waals surface area contributed by atoms with E-state index in [0.29, 0.717) is 0 Å². The summed E-state index contributed by atoms with van der Waals surface area (Å²) in [5.41, 5.74) is 0.988. The molecule has 0 amide bonds. The van der Waals surface area contributed by atoms with Crippen LogP contribution in [0.5, 0.6) is 5.75 Å². The molecule has 1 aromatic carbocycles. The van der Waals surface area contributed by atoms with Gasteiger partial charge < -0.3 is 20.1 Å². The van der Waals surface area contributed by atoms with E-state index >= 15 is 0 Å². The van der Waals surface area contributed by atoms with Crippen LogP contribution in [0.2, 0.25) is 0 Å². The molecule has 0 atom stereocenters. The standard InChI is InChI=1S/C18H30O.CH2O3.Ca/c1-2-3-4-5-6-7-8-9-10-11-14-17-15-12-13-16-18(17)19;2-1(3)4;/h12-13,15-16,19H,2-11,14H2,1H3;(H2,2,3,4);/q;;+2/p-3. The van der Waals surface area contributed by atoms with Crippen molar-refractivity contribution in [2.75, 3.05) is 0 Å². The molecule has 0 bridgehead atoms. The Kier molecular flexibility index (Phi) is 20.3. The van der Waals surface area contributed by atoms with Gasteiger partial charge in [0.1, 0.15) is 0 Å². The third-order valence-electron chi connectivity index (χ3n) is 3.77. The van der Waals surface area contributed by atoms with Crippen molar-refractivity contribution in [1.29, 1.82) is 0 Å². The molecule has 0 saturated heterocycles. The van der Waals surface area contributed by atoms with Crippen LogP contribution in [0.15, 0.2) is 24.3 Å². The largest absolute Gasteiger partial charge is 2.00 e. The number of benzene rings is 1. The monoisotopic (exact) mass is 361 g/mol. The average Bonchev–Trinajstić information content (AvgIpc) is 2.50. The van der Waals surface area contributed by atoms with Gasteiger partial charge in [-0.05, 0) is 19.0 Å². The van der Waals surface area contributed by atoms with E-state index in [4.69, 9.17) is 15.0 Å². The molecular formula is C19H29CaO4-. The first-order valence-corrected chi connectivity index (χ1v) is 8.70. The fourth-order valence-corrected chi connectivity index (χ4v) is 2.51. The summed E-state index contributed by atoms with van der Waals surface area (Å²) in [5.74, 6) is 0.207. The van der Waals surface area contributed by atoms with Crippen LogP contribution in [0.25, 0.3) is 0 Å². The van der Waals surface area contributed by atoms with Gasteiger partial charge in [0.05, 0.1) is 0 Å². The molecule has 5 heteroatoms. The number of para-hydroxylation sites is 1. The van der Waals surface area contributed by atoms with Gasteiger partial charge in [-0.15, -0.1) is 5.75 Å². The van der Waals surface area contributed by atoms with E-state index in [-0.39, 0.29) is 43.5 Å². The van der Waals surface area contributed by atoms with Gasteiger partial charge >= 0.3 is 37.7 Å². The summed E-state index contributed by atoms with van der Waals surface area (Å²) in [6, 6.07) is 7.43. The summed E-state index contributed by atoms with van der Waals surface area (Å²) >= 11 is 0. The van der Waals surface area contributed by atoms with Gasteiger partial charge in [-0.2, -0.15) is 0 Å². The van der Waals surface area contributed by atoms with Crippen molar-refractivity contribution in [2.24, 2.45) is 0 Å². The van der Waals surface area contributed by atoms with E-state index in [1.165, 1.54) is 57.8 Å². The maximum atomic E-state index is 11.5. The fourth-order valence-electron chi connectivity index (χ4n) is 2.51. The molecule has 0 saturated carbocycles. The van der Waals surface area contributed by atoms with Gasteiger partial charge in [0, 0.05) is 0 Å². The van der Waals surface area contributed by atoms with Gasteiger partial charge in [0.2, 0.25) is 0 Å². The van der Waals surface area contributed by atoms with Crippen molar-refractivity contribution in [3.63, 3.8) is 0 Å². The van der Waals surface area contributed by atoms with E-state index in [1.807, 2.05) is 18.2 Å². The normalized spacial score (nSPS) is 9.54. The minimum absolute atomic E-state index is 0. The Labute approximate surface area is 176 Å². The summed E-state index contributed by atoms with van der Waals surface area (Å²) in [5, 5.41) is 28.2. The molecule has 0 aliphatic rings. The molecule has 0 heterocycles. The Bertz CT molecular complexity index is 406. The predicted octanol–water partition coefficient (Wildman–Crippen LogP) is 2.40. The van der Waals surface area contributed by atoms with Gasteiger partial charge in [0.15, 0.2) is 0 Å². The zero-order valence-corrected chi connectivity index (χ0v) is 17.1. The molecule has 132 valence electrons. The molecular weight excluding hydrogens is 332 g/mol. The maximum Gasteiger partial charge on any atom is 2.00 e. The molecule has 0 spiro atoms. The number of hydrogen-bond donors (Lipinski definition) is 0. The van der Waals surface area contributed by atoms with Crippen molar-refractivity contribution in [1.82, 2.24) is 0 Å². The number of carboxylic acid groups (broad SMARTS) is 2. The maximum absolute atomic E-state index is 11.5. The summed E-state index contributed by atoms with van der Waals surface area (Å²) in [4.78, 5) is 8.33. The number of hydrogen-bond acceptors (Lipinski definition) is 4. The number of carbonyl (C=O) groups excluding carboxylic acids is 1. The second kappa shape index (κ2) is 18.9. The zero-order chi connectivity index (χ0) is 17.3. The topological polar surface area (TPSA) is 86.2 Å². The first-order valence-electron chi connectivity index (χ1n) is 8.70. The van der Waals surface area contributed by atoms with Crippen LogP contribution in [-0.2, 0) is 6.42 Å². The molecule has 4 nitrogen and oxygen atoms in total. The van der Waals surface area contributed by atoms with Crippen molar-refractivity contribution in [2.45, 2.75) is 77.6 Å². The fraction of sp³-hybridized carbons (Fsp3) is 0.632. The second-order valence-electron chi connectivity index (χ2n) is 5.79. The average molecular weight is 362 g/mol. The number of rotatable bonds is 11. The molecule has 0 radical (unpaired) electrons. The van der Waals surface area contributed by atoms with Crippen LogP contribution in [0.4, 0.5) is 4.79 Å². The summed E-state index contributed by atoms with van der Waals surface area (Å²) in [6.07, 6.45) is 12.1. The van der Waals surface area contributed by atoms with Crippen LogP contribution in [0.3, 0.4) is 0 Å². The Balaban J connectivity index is 0. The molecule has 0 unspecified atom stereocenters. The third-order valence-corrected chi connectivity index (χ3v) is 3.77. The molecule has 0 aliphatic heterocycles. The van der Waals surface area contributed by atoms with Crippen molar-refractivity contribution >= 4 is 43.9 Å². The Morgan fingerprint density at radius 1 is 0.833 bits per heavy atom. The van der Waals surface area contributed by atoms with E-state index < -0.39 is 6.16 Å². The van der Waals surface area contributed by atoms with Crippen LogP contribution < -0.4 is 15.3 Å². The first-order chi connectivity index (χ1) is 11.1. The molecule has 0 aliphatic carbocycles. The van der Waals surface area contributed by atoms with Gasteiger partial charge in [-0.25, -0.2) is 0 Å². The minimum Gasteiger partial charge on any atom is -0.872 e. The van der Waals surface area contributed by atoms with Crippen LogP contribution in [0.1, 0.15) is 76.7 Å². The molecule has 1 rings (SSSR count). The van der Waals surface area contributed by atoms with Gasteiger partial charge in [-0.3, -0.25) is 0 Å². The molecule has 0 aromatic heterocycles. The van der Waals surface area contributed by atoms with Gasteiger partial charge in [0.25, 0.3) is 0 Å². The van der Waals surface area contributed by atoms with Crippen molar-refractivity contribution in [3.8, 4) is 5.75 Å². The first kappa shape index (κ1) is 25.8. The second-order valence-corrected chi connectivity index (χ2v) is 5.79. The SMILES string of the molecule is CCCCCCCCCCCCc1ccccc1[O-].O=C([O-])[O-].[Ca+2]. The van der Waals surface area contributed by atoms with E-state index in [2.05, 4.69) is 6.92 Å². The van der Waals surface area contributed by atoms with Gasteiger partial charge in [-0.1, -0.05) is 94.5 Å².